The van der Waals surface area contributed by atoms with Gasteiger partial charge in [0, 0.05) is 16.4 Å². The molecule has 3 N–H and O–H groups in total. The number of methoxy groups -OCH3 is 1. The Labute approximate surface area is 162 Å². The summed E-state index contributed by atoms with van der Waals surface area (Å²) >= 11 is 6.34. The fourth-order valence-electron chi connectivity index (χ4n) is 3.00. The van der Waals surface area contributed by atoms with Gasteiger partial charge in [-0.1, -0.05) is 11.6 Å². The molecule has 2 rings (SSSR count). The van der Waals surface area contributed by atoms with Crippen molar-refractivity contribution in [1.82, 2.24) is 5.32 Å². The van der Waals surface area contributed by atoms with Crippen LogP contribution in [0.25, 0.3) is 0 Å². The monoisotopic (exact) mass is 396 g/mol. The maximum absolute atomic E-state index is 13.7. The Morgan fingerprint density at radius 3 is 2.52 bits per heavy atom. The highest BCUT2D eigenvalue weighted by Crippen LogP contribution is 2.42. The summed E-state index contributed by atoms with van der Waals surface area (Å²) in [6.45, 7) is 4.06. The number of nitrogen functional groups attached to an aromatic ring is 1. The number of rotatable bonds is 5. The lowest BCUT2D eigenvalue weighted by molar-refractivity contribution is -0.143. The molecule has 8 heteroatoms. The van der Waals surface area contributed by atoms with Crippen LogP contribution in [-0.4, -0.2) is 31.8 Å². The summed E-state index contributed by atoms with van der Waals surface area (Å²) in [6.07, 6.45) is -0.386. The number of hydrogen-bond acceptors (Lipinski definition) is 6. The molecule has 0 spiro atoms. The highest BCUT2D eigenvalue weighted by molar-refractivity contribution is 6.31. The maximum atomic E-state index is 13.7. The zero-order valence-electron chi connectivity index (χ0n) is 15.6. The third-order valence-corrected chi connectivity index (χ3v) is 4.42. The second-order valence-corrected chi connectivity index (χ2v) is 6.76. The van der Waals surface area contributed by atoms with Gasteiger partial charge in [-0.15, -0.1) is 0 Å². The number of nitrogens with one attached hydrogen (secondary N) is 1. The number of nitrogens with two attached hydrogens (primary N) is 1. The predicted molar refractivity (Wildman–Crippen MR) is 101 cm³/mol. The standard InChI is InChI=1S/C19H22ClFN2O4/c1-9(2)27-19(25)15-10(3)23-14(8-21)17(18(24)26-4)16(15)12-7-11(22)5-6-13(12)20/h5-7,9,16,23H,8,22H2,1-4H3. The SMILES string of the molecule is COC(=O)C1=C(CF)NC(C)=C(C(=O)OC(C)C)C1c1cc(N)ccc1Cl. The number of carbonyl (C=O) groups excluding carboxylic acids is 2. The third kappa shape index (κ3) is 4.24. The van der Waals surface area contributed by atoms with Gasteiger partial charge < -0.3 is 20.5 Å². The molecule has 1 atom stereocenters. The molecule has 0 aliphatic carbocycles. The van der Waals surface area contributed by atoms with Gasteiger partial charge in [0.15, 0.2) is 0 Å². The van der Waals surface area contributed by atoms with Gasteiger partial charge in [-0.25, -0.2) is 14.0 Å². The molecule has 1 aliphatic heterocycles. The fraction of sp³-hybridized carbons (Fsp3) is 0.368. The van der Waals surface area contributed by atoms with Crippen molar-refractivity contribution in [2.75, 3.05) is 19.5 Å². The molecule has 0 radical (unpaired) electrons. The number of benzene rings is 1. The molecule has 1 aromatic rings. The van der Waals surface area contributed by atoms with Crippen molar-refractivity contribution in [2.24, 2.45) is 0 Å². The fourth-order valence-corrected chi connectivity index (χ4v) is 3.22. The molecule has 0 fully saturated rings. The summed E-state index contributed by atoms with van der Waals surface area (Å²) in [4.78, 5) is 25.3. The van der Waals surface area contributed by atoms with E-state index in [1.807, 2.05) is 0 Å². The lowest BCUT2D eigenvalue weighted by atomic mass is 9.80. The van der Waals surface area contributed by atoms with E-state index in [-0.39, 0.29) is 28.0 Å². The van der Waals surface area contributed by atoms with Gasteiger partial charge in [0.2, 0.25) is 0 Å². The second-order valence-electron chi connectivity index (χ2n) is 6.35. The predicted octanol–water partition coefficient (Wildman–Crippen LogP) is 3.23. The van der Waals surface area contributed by atoms with Gasteiger partial charge in [-0.3, -0.25) is 0 Å². The number of allylic oxidation sites excluding steroid dienone is 2. The minimum absolute atomic E-state index is 0.00365. The quantitative estimate of drug-likeness (QED) is 0.586. The van der Waals surface area contributed by atoms with Crippen molar-refractivity contribution in [2.45, 2.75) is 32.8 Å². The van der Waals surface area contributed by atoms with E-state index in [0.29, 0.717) is 16.9 Å². The van der Waals surface area contributed by atoms with Gasteiger partial charge in [0.1, 0.15) is 6.67 Å². The summed E-state index contributed by atoms with van der Waals surface area (Å²) in [6, 6.07) is 4.69. The number of ether oxygens (including phenoxy) is 2. The van der Waals surface area contributed by atoms with E-state index in [1.165, 1.54) is 7.11 Å². The second kappa shape index (κ2) is 8.43. The molecule has 0 amide bonds. The van der Waals surface area contributed by atoms with Crippen molar-refractivity contribution in [3.05, 3.63) is 51.3 Å². The largest absolute Gasteiger partial charge is 0.466 e. The minimum atomic E-state index is -0.980. The molecular weight excluding hydrogens is 375 g/mol. The van der Waals surface area contributed by atoms with Crippen LogP contribution in [-0.2, 0) is 19.1 Å². The zero-order chi connectivity index (χ0) is 20.3. The minimum Gasteiger partial charge on any atom is -0.466 e. The van der Waals surface area contributed by atoms with Crippen LogP contribution in [0, 0.1) is 0 Å². The van der Waals surface area contributed by atoms with Crippen LogP contribution in [0.15, 0.2) is 40.7 Å². The lowest BCUT2D eigenvalue weighted by Crippen LogP contribution is -2.34. The Bertz CT molecular complexity index is 833. The van der Waals surface area contributed by atoms with E-state index in [1.54, 1.807) is 39.0 Å². The van der Waals surface area contributed by atoms with Crippen LogP contribution < -0.4 is 11.1 Å². The van der Waals surface area contributed by atoms with Crippen LogP contribution in [0.3, 0.4) is 0 Å². The number of carbonyl (C=O) groups is 2. The number of alkyl halides is 1. The van der Waals surface area contributed by atoms with Crippen molar-refractivity contribution in [3.63, 3.8) is 0 Å². The first kappa shape index (κ1) is 20.8. The van der Waals surface area contributed by atoms with E-state index in [9.17, 15) is 14.0 Å². The van der Waals surface area contributed by atoms with E-state index < -0.39 is 24.5 Å². The van der Waals surface area contributed by atoms with Crippen LogP contribution >= 0.6 is 11.6 Å². The van der Waals surface area contributed by atoms with Crippen molar-refractivity contribution >= 4 is 29.2 Å². The molecule has 1 heterocycles. The molecular formula is C19H22ClFN2O4. The van der Waals surface area contributed by atoms with Gasteiger partial charge >= 0.3 is 11.9 Å². The van der Waals surface area contributed by atoms with Crippen molar-refractivity contribution in [1.29, 1.82) is 0 Å². The van der Waals surface area contributed by atoms with Crippen molar-refractivity contribution in [3.8, 4) is 0 Å². The smallest absolute Gasteiger partial charge is 0.337 e. The summed E-state index contributed by atoms with van der Waals surface area (Å²) in [5.41, 5.74) is 7.12. The molecule has 1 aliphatic rings. The third-order valence-electron chi connectivity index (χ3n) is 4.08. The van der Waals surface area contributed by atoms with Crippen LogP contribution in [0.2, 0.25) is 5.02 Å². The first-order valence-electron chi connectivity index (χ1n) is 8.32. The molecule has 27 heavy (non-hydrogen) atoms. The highest BCUT2D eigenvalue weighted by atomic mass is 35.5. The topological polar surface area (TPSA) is 90.6 Å². The summed E-state index contributed by atoms with van der Waals surface area (Å²) < 4.78 is 23.8. The molecule has 0 saturated heterocycles. The average molecular weight is 397 g/mol. The molecule has 0 saturated carbocycles. The Balaban J connectivity index is 2.76. The van der Waals surface area contributed by atoms with Gasteiger partial charge in [0.05, 0.1) is 36.0 Å². The highest BCUT2D eigenvalue weighted by Gasteiger charge is 2.40. The van der Waals surface area contributed by atoms with Gasteiger partial charge in [-0.05, 0) is 44.5 Å². The lowest BCUT2D eigenvalue weighted by Gasteiger charge is -2.31. The van der Waals surface area contributed by atoms with E-state index in [0.717, 1.165) is 0 Å². The van der Waals surface area contributed by atoms with E-state index >= 15 is 0 Å². The first-order valence-corrected chi connectivity index (χ1v) is 8.70. The Kier molecular flexibility index (Phi) is 6.49. The summed E-state index contributed by atoms with van der Waals surface area (Å²) in [5.74, 6) is -2.40. The van der Waals surface area contributed by atoms with E-state index in [4.69, 9.17) is 26.8 Å². The molecule has 1 aromatic carbocycles. The van der Waals surface area contributed by atoms with Crippen molar-refractivity contribution < 1.29 is 23.5 Å². The summed E-state index contributed by atoms with van der Waals surface area (Å²) in [5, 5.41) is 3.05. The Hall–Kier alpha value is -2.54. The van der Waals surface area contributed by atoms with Crippen LogP contribution in [0.5, 0.6) is 0 Å². The average Bonchev–Trinajstić information content (AvgIpc) is 2.61. The Morgan fingerprint density at radius 2 is 1.96 bits per heavy atom. The molecule has 0 aromatic heterocycles. The number of hydrogen-bond donors (Lipinski definition) is 2. The number of dihydropyridines is 1. The zero-order valence-corrected chi connectivity index (χ0v) is 16.3. The van der Waals surface area contributed by atoms with Crippen LogP contribution in [0.4, 0.5) is 10.1 Å². The molecule has 1 unspecified atom stereocenters. The Morgan fingerprint density at radius 1 is 1.30 bits per heavy atom. The normalized spacial score (nSPS) is 17.1. The van der Waals surface area contributed by atoms with Gasteiger partial charge in [0.25, 0.3) is 0 Å². The molecule has 146 valence electrons. The number of anilines is 1. The van der Waals surface area contributed by atoms with E-state index in [2.05, 4.69) is 5.32 Å². The number of halogens is 2. The summed E-state index contributed by atoms with van der Waals surface area (Å²) in [7, 11) is 1.18. The van der Waals surface area contributed by atoms with Crippen LogP contribution in [0.1, 0.15) is 32.3 Å². The molecule has 0 bridgehead atoms. The van der Waals surface area contributed by atoms with Gasteiger partial charge in [-0.2, -0.15) is 0 Å². The molecule has 6 nitrogen and oxygen atoms in total. The number of esters is 2. The first-order chi connectivity index (χ1) is 12.7. The maximum Gasteiger partial charge on any atom is 0.337 e.